The molecular weight excluding hydrogens is 367 g/mol. The molecule has 20 heavy (non-hydrogen) atoms. The molecule has 0 amide bonds. The van der Waals surface area contributed by atoms with Crippen molar-refractivity contribution in [2.75, 3.05) is 6.61 Å². The van der Waals surface area contributed by atoms with Crippen molar-refractivity contribution < 1.29 is 4.74 Å². The Morgan fingerprint density at radius 1 is 1.45 bits per heavy atom. The summed E-state index contributed by atoms with van der Waals surface area (Å²) < 4.78 is 8.07. The standard InChI is InChI=1S/C15H15IN2O2/c1-10-14(16)15(19)18(9-17-10)8-11-6-7-20-13-5-3-2-4-12(11)13/h2-5,9,11H,6-8H2,1H3. The maximum absolute atomic E-state index is 12.3. The first-order chi connectivity index (χ1) is 9.66. The molecule has 1 unspecified atom stereocenters. The van der Waals surface area contributed by atoms with Crippen molar-refractivity contribution in [3.8, 4) is 5.75 Å². The molecule has 0 saturated heterocycles. The van der Waals surface area contributed by atoms with Crippen LogP contribution in [0.1, 0.15) is 23.6 Å². The third-order valence-corrected chi connectivity index (χ3v) is 4.90. The van der Waals surface area contributed by atoms with E-state index in [0.717, 1.165) is 17.9 Å². The van der Waals surface area contributed by atoms with Crippen molar-refractivity contribution in [3.05, 3.63) is 55.8 Å². The monoisotopic (exact) mass is 382 g/mol. The maximum Gasteiger partial charge on any atom is 0.267 e. The van der Waals surface area contributed by atoms with E-state index in [-0.39, 0.29) is 5.56 Å². The largest absolute Gasteiger partial charge is 0.493 e. The fourth-order valence-electron chi connectivity index (χ4n) is 2.52. The van der Waals surface area contributed by atoms with Crippen LogP contribution in [0.3, 0.4) is 0 Å². The highest BCUT2D eigenvalue weighted by atomic mass is 127. The molecule has 104 valence electrons. The minimum Gasteiger partial charge on any atom is -0.493 e. The van der Waals surface area contributed by atoms with Crippen LogP contribution in [0.15, 0.2) is 35.4 Å². The lowest BCUT2D eigenvalue weighted by Gasteiger charge is -2.26. The van der Waals surface area contributed by atoms with E-state index in [1.54, 1.807) is 10.9 Å². The number of para-hydroxylation sites is 1. The zero-order chi connectivity index (χ0) is 14.1. The normalized spacial score (nSPS) is 17.4. The minimum atomic E-state index is 0.0436. The van der Waals surface area contributed by atoms with Gasteiger partial charge in [0.05, 0.1) is 22.2 Å². The van der Waals surface area contributed by atoms with Gasteiger partial charge >= 0.3 is 0 Å². The van der Waals surface area contributed by atoms with Crippen LogP contribution in [0.4, 0.5) is 0 Å². The van der Waals surface area contributed by atoms with Crippen LogP contribution >= 0.6 is 22.6 Å². The molecule has 0 N–H and O–H groups in total. The van der Waals surface area contributed by atoms with Gasteiger partial charge in [0.1, 0.15) is 5.75 Å². The first-order valence-electron chi connectivity index (χ1n) is 6.60. The molecule has 1 aliphatic rings. The van der Waals surface area contributed by atoms with E-state index in [0.29, 0.717) is 22.6 Å². The topological polar surface area (TPSA) is 44.1 Å². The Hall–Kier alpha value is -1.37. The Balaban J connectivity index is 1.94. The molecule has 0 spiro atoms. The molecule has 0 fully saturated rings. The van der Waals surface area contributed by atoms with Gasteiger partial charge in [0.25, 0.3) is 5.56 Å². The van der Waals surface area contributed by atoms with Gasteiger partial charge < -0.3 is 4.74 Å². The van der Waals surface area contributed by atoms with Gasteiger partial charge in [-0.05, 0) is 47.6 Å². The maximum atomic E-state index is 12.3. The van der Waals surface area contributed by atoms with E-state index in [9.17, 15) is 4.79 Å². The van der Waals surface area contributed by atoms with Gasteiger partial charge in [-0.1, -0.05) is 18.2 Å². The first-order valence-corrected chi connectivity index (χ1v) is 7.68. The van der Waals surface area contributed by atoms with E-state index >= 15 is 0 Å². The lowest BCUT2D eigenvalue weighted by atomic mass is 9.93. The van der Waals surface area contributed by atoms with E-state index in [2.05, 4.69) is 33.6 Å². The summed E-state index contributed by atoms with van der Waals surface area (Å²) in [7, 11) is 0. The molecule has 5 heteroatoms. The average Bonchev–Trinajstić information content (AvgIpc) is 2.48. The number of rotatable bonds is 2. The lowest BCUT2D eigenvalue weighted by molar-refractivity contribution is 0.258. The first kappa shape index (κ1) is 13.6. The number of fused-ring (bicyclic) bond motifs is 1. The van der Waals surface area contributed by atoms with E-state index in [1.807, 2.05) is 25.1 Å². The second-order valence-corrected chi connectivity index (χ2v) is 6.05. The molecule has 2 aromatic rings. The molecule has 0 saturated carbocycles. The number of aryl methyl sites for hydroxylation is 1. The predicted molar refractivity (Wildman–Crippen MR) is 85.2 cm³/mol. The van der Waals surface area contributed by atoms with Crippen LogP contribution in [0.5, 0.6) is 5.75 Å². The molecule has 2 heterocycles. The van der Waals surface area contributed by atoms with Crippen LogP contribution in [-0.4, -0.2) is 16.2 Å². The molecule has 1 atom stereocenters. The second kappa shape index (κ2) is 5.55. The van der Waals surface area contributed by atoms with Crippen molar-refractivity contribution in [2.24, 2.45) is 0 Å². The second-order valence-electron chi connectivity index (χ2n) is 4.97. The number of aromatic nitrogens is 2. The van der Waals surface area contributed by atoms with E-state index < -0.39 is 0 Å². The number of hydrogen-bond acceptors (Lipinski definition) is 3. The van der Waals surface area contributed by atoms with Gasteiger partial charge in [-0.15, -0.1) is 0 Å². The van der Waals surface area contributed by atoms with Crippen LogP contribution in [0, 0.1) is 10.5 Å². The number of hydrogen-bond donors (Lipinski definition) is 0. The number of nitrogens with zero attached hydrogens (tertiary/aromatic N) is 2. The van der Waals surface area contributed by atoms with Gasteiger partial charge in [0.15, 0.2) is 0 Å². The number of ether oxygens (including phenoxy) is 1. The van der Waals surface area contributed by atoms with Gasteiger partial charge in [-0.3, -0.25) is 9.36 Å². The van der Waals surface area contributed by atoms with Crippen LogP contribution in [0.25, 0.3) is 0 Å². The predicted octanol–water partition coefficient (Wildman–Crippen LogP) is 2.72. The van der Waals surface area contributed by atoms with Gasteiger partial charge in [-0.2, -0.15) is 0 Å². The molecule has 4 nitrogen and oxygen atoms in total. The highest BCUT2D eigenvalue weighted by molar-refractivity contribution is 14.1. The Labute approximate surface area is 130 Å². The summed E-state index contributed by atoms with van der Waals surface area (Å²) in [5.74, 6) is 1.24. The van der Waals surface area contributed by atoms with Crippen LogP contribution in [-0.2, 0) is 6.54 Å². The summed E-state index contributed by atoms with van der Waals surface area (Å²) in [6, 6.07) is 8.06. The van der Waals surface area contributed by atoms with Gasteiger partial charge in [0.2, 0.25) is 0 Å². The minimum absolute atomic E-state index is 0.0436. The third-order valence-electron chi connectivity index (χ3n) is 3.66. The van der Waals surface area contributed by atoms with Crippen molar-refractivity contribution >= 4 is 22.6 Å². The van der Waals surface area contributed by atoms with Crippen LogP contribution < -0.4 is 10.3 Å². The SMILES string of the molecule is Cc1ncn(CC2CCOc3ccccc32)c(=O)c1I. The van der Waals surface area contributed by atoms with E-state index in [4.69, 9.17) is 4.74 Å². The quantitative estimate of drug-likeness (QED) is 0.751. The Morgan fingerprint density at radius 2 is 2.25 bits per heavy atom. The highest BCUT2D eigenvalue weighted by Gasteiger charge is 2.22. The van der Waals surface area contributed by atoms with Crippen molar-refractivity contribution in [1.82, 2.24) is 9.55 Å². The fourth-order valence-corrected chi connectivity index (χ4v) is 2.97. The van der Waals surface area contributed by atoms with E-state index in [1.165, 1.54) is 5.56 Å². The molecule has 0 bridgehead atoms. The Morgan fingerprint density at radius 3 is 3.10 bits per heavy atom. The Kier molecular flexibility index (Phi) is 3.78. The summed E-state index contributed by atoms with van der Waals surface area (Å²) in [5, 5.41) is 0. The molecule has 3 rings (SSSR count). The Bertz CT molecular complexity index is 697. The molecular formula is C15H15IN2O2. The van der Waals surface area contributed by atoms with Crippen LogP contribution in [0.2, 0.25) is 0 Å². The molecule has 1 aromatic carbocycles. The molecule has 0 aliphatic carbocycles. The molecule has 1 aliphatic heterocycles. The summed E-state index contributed by atoms with van der Waals surface area (Å²) >= 11 is 2.07. The zero-order valence-corrected chi connectivity index (χ0v) is 13.3. The molecule has 0 radical (unpaired) electrons. The average molecular weight is 382 g/mol. The van der Waals surface area contributed by atoms with Crippen molar-refractivity contribution in [1.29, 1.82) is 0 Å². The number of benzene rings is 1. The summed E-state index contributed by atoms with van der Waals surface area (Å²) in [5.41, 5.74) is 2.02. The third kappa shape index (κ3) is 2.46. The smallest absolute Gasteiger partial charge is 0.267 e. The number of halogens is 1. The summed E-state index contributed by atoms with van der Waals surface area (Å²) in [6.07, 6.45) is 2.58. The van der Waals surface area contributed by atoms with Gasteiger partial charge in [0, 0.05) is 12.5 Å². The van der Waals surface area contributed by atoms with Crippen molar-refractivity contribution in [2.45, 2.75) is 25.8 Å². The fraction of sp³-hybridized carbons (Fsp3) is 0.333. The summed E-state index contributed by atoms with van der Waals surface area (Å²) in [6.45, 7) is 3.21. The highest BCUT2D eigenvalue weighted by Crippen LogP contribution is 2.34. The van der Waals surface area contributed by atoms with Crippen molar-refractivity contribution in [3.63, 3.8) is 0 Å². The summed E-state index contributed by atoms with van der Waals surface area (Å²) in [4.78, 5) is 16.5. The van der Waals surface area contributed by atoms with Gasteiger partial charge in [-0.25, -0.2) is 4.98 Å². The zero-order valence-electron chi connectivity index (χ0n) is 11.2. The lowest BCUT2D eigenvalue weighted by Crippen LogP contribution is -2.28. The molecule has 1 aromatic heterocycles.